The van der Waals surface area contributed by atoms with E-state index in [9.17, 15) is 9.59 Å². The molecule has 2 aromatic rings. The lowest BCUT2D eigenvalue weighted by atomic mass is 10.1. The Morgan fingerprint density at radius 1 is 1.00 bits per heavy atom. The summed E-state index contributed by atoms with van der Waals surface area (Å²) in [5.41, 5.74) is 2.69. The normalized spacial score (nSPS) is 11.0. The van der Waals surface area contributed by atoms with Gasteiger partial charge in [0.05, 0.1) is 16.1 Å². The highest BCUT2D eigenvalue weighted by atomic mass is 35.5. The average Bonchev–Trinajstić information content (AvgIpc) is 2.53. The number of carbonyl (C=O) groups excluding carboxylic acids is 2. The molecular formula is C18H18Cl2N2O2. The van der Waals surface area contributed by atoms with Crippen LogP contribution in [0.5, 0.6) is 0 Å². The number of rotatable bonds is 2. The van der Waals surface area contributed by atoms with Crippen LogP contribution in [0.1, 0.15) is 41.5 Å². The van der Waals surface area contributed by atoms with Crippen LogP contribution in [0.25, 0.3) is 0 Å². The van der Waals surface area contributed by atoms with E-state index in [2.05, 4.69) is 5.43 Å². The van der Waals surface area contributed by atoms with Gasteiger partial charge in [-0.2, -0.15) is 0 Å². The molecule has 0 saturated heterocycles. The summed E-state index contributed by atoms with van der Waals surface area (Å²) in [5, 5.41) is 1.93. The summed E-state index contributed by atoms with van der Waals surface area (Å²) >= 11 is 12.1. The molecule has 0 spiro atoms. The first-order valence-electron chi connectivity index (χ1n) is 7.36. The van der Waals surface area contributed by atoms with Crippen LogP contribution in [0.3, 0.4) is 0 Å². The summed E-state index contributed by atoms with van der Waals surface area (Å²) < 4.78 is 0. The zero-order valence-electron chi connectivity index (χ0n) is 13.6. The van der Waals surface area contributed by atoms with Crippen LogP contribution in [-0.4, -0.2) is 22.4 Å². The quantitative estimate of drug-likeness (QED) is 0.792. The molecule has 0 aliphatic heterocycles. The van der Waals surface area contributed by atoms with Crippen LogP contribution in [0, 0.1) is 0 Å². The number of hydrazine groups is 1. The molecule has 4 nitrogen and oxygen atoms in total. The molecular weight excluding hydrogens is 347 g/mol. The van der Waals surface area contributed by atoms with Crippen molar-refractivity contribution in [2.45, 2.75) is 26.3 Å². The van der Waals surface area contributed by atoms with Gasteiger partial charge in [-0.05, 0) is 51.1 Å². The number of nitrogens with one attached hydrogen (secondary N) is 1. The van der Waals surface area contributed by atoms with Crippen molar-refractivity contribution in [1.82, 2.24) is 10.4 Å². The fraction of sp³-hybridized carbons (Fsp3) is 0.222. The highest BCUT2D eigenvalue weighted by molar-refractivity contribution is 6.35. The van der Waals surface area contributed by atoms with Gasteiger partial charge in [0.2, 0.25) is 0 Å². The molecule has 2 aromatic carbocycles. The molecule has 0 atom stereocenters. The Hall–Kier alpha value is -2.04. The van der Waals surface area contributed by atoms with Crippen molar-refractivity contribution in [3.8, 4) is 0 Å². The standard InChI is InChI=1S/C18H18Cl2N2O2/c1-18(2,3)22(21-16(23)12-7-5-4-6-8-12)17(24)14-11-13(19)9-10-15(14)20/h4-11H,1-3H3,(H,21,23). The molecule has 2 amide bonds. The van der Waals surface area contributed by atoms with E-state index in [4.69, 9.17) is 23.2 Å². The molecule has 2 rings (SSSR count). The number of benzene rings is 2. The highest BCUT2D eigenvalue weighted by Crippen LogP contribution is 2.24. The third-order valence-corrected chi connectivity index (χ3v) is 3.85. The minimum atomic E-state index is -0.660. The van der Waals surface area contributed by atoms with Crippen molar-refractivity contribution in [1.29, 1.82) is 0 Å². The molecule has 0 heterocycles. The van der Waals surface area contributed by atoms with E-state index in [0.29, 0.717) is 10.6 Å². The molecule has 0 saturated carbocycles. The van der Waals surface area contributed by atoms with Gasteiger partial charge >= 0.3 is 0 Å². The van der Waals surface area contributed by atoms with Crippen LogP contribution in [0.2, 0.25) is 10.0 Å². The molecule has 1 N–H and O–H groups in total. The topological polar surface area (TPSA) is 49.4 Å². The first-order valence-corrected chi connectivity index (χ1v) is 8.11. The number of hydrogen-bond acceptors (Lipinski definition) is 2. The molecule has 0 aliphatic carbocycles. The second kappa shape index (κ2) is 7.24. The Bertz CT molecular complexity index is 755. The van der Waals surface area contributed by atoms with Crippen molar-refractivity contribution in [3.05, 3.63) is 69.7 Å². The number of carbonyl (C=O) groups is 2. The maximum Gasteiger partial charge on any atom is 0.274 e. The maximum atomic E-state index is 12.9. The van der Waals surface area contributed by atoms with Gasteiger partial charge in [-0.25, -0.2) is 5.01 Å². The van der Waals surface area contributed by atoms with Crippen LogP contribution < -0.4 is 5.43 Å². The van der Waals surface area contributed by atoms with E-state index < -0.39 is 11.4 Å². The van der Waals surface area contributed by atoms with Gasteiger partial charge in [-0.3, -0.25) is 15.0 Å². The third-order valence-electron chi connectivity index (χ3n) is 3.28. The van der Waals surface area contributed by atoms with Crippen LogP contribution in [-0.2, 0) is 0 Å². The second-order valence-electron chi connectivity index (χ2n) is 6.24. The number of nitrogens with zero attached hydrogens (tertiary/aromatic N) is 1. The van der Waals surface area contributed by atoms with Crippen LogP contribution >= 0.6 is 23.2 Å². The van der Waals surface area contributed by atoms with Crippen molar-refractivity contribution >= 4 is 35.0 Å². The Labute approximate surface area is 151 Å². The number of halogens is 2. The fourth-order valence-corrected chi connectivity index (χ4v) is 2.43. The van der Waals surface area contributed by atoms with E-state index in [1.165, 1.54) is 11.1 Å². The Morgan fingerprint density at radius 2 is 1.62 bits per heavy atom. The molecule has 126 valence electrons. The van der Waals surface area contributed by atoms with E-state index in [0.717, 1.165) is 0 Å². The summed E-state index contributed by atoms with van der Waals surface area (Å²) in [6, 6.07) is 13.3. The van der Waals surface area contributed by atoms with Crippen LogP contribution in [0.15, 0.2) is 48.5 Å². The molecule has 0 aromatic heterocycles. The van der Waals surface area contributed by atoms with E-state index in [-0.39, 0.29) is 16.5 Å². The molecule has 0 unspecified atom stereocenters. The van der Waals surface area contributed by atoms with Gasteiger partial charge in [0.1, 0.15) is 0 Å². The molecule has 0 fully saturated rings. The largest absolute Gasteiger partial charge is 0.274 e. The predicted molar refractivity (Wildman–Crippen MR) is 96.3 cm³/mol. The van der Waals surface area contributed by atoms with Gasteiger partial charge < -0.3 is 0 Å². The summed E-state index contributed by atoms with van der Waals surface area (Å²) in [7, 11) is 0. The van der Waals surface area contributed by atoms with Gasteiger partial charge in [-0.1, -0.05) is 41.4 Å². The number of hydrogen-bond donors (Lipinski definition) is 1. The lowest BCUT2D eigenvalue weighted by Crippen LogP contribution is -2.55. The Kier molecular flexibility index (Phi) is 5.52. The summed E-state index contributed by atoms with van der Waals surface area (Å²) in [6.45, 7) is 5.44. The van der Waals surface area contributed by atoms with Crippen molar-refractivity contribution in [2.75, 3.05) is 0 Å². The predicted octanol–water partition coefficient (Wildman–Crippen LogP) is 4.58. The van der Waals surface area contributed by atoms with Crippen molar-refractivity contribution < 1.29 is 9.59 Å². The average molecular weight is 365 g/mol. The van der Waals surface area contributed by atoms with Gasteiger partial charge in [0, 0.05) is 10.6 Å². The first-order chi connectivity index (χ1) is 11.2. The van der Waals surface area contributed by atoms with E-state index >= 15 is 0 Å². The minimum Gasteiger partial charge on any atom is -0.267 e. The minimum absolute atomic E-state index is 0.229. The van der Waals surface area contributed by atoms with E-state index in [1.54, 1.807) is 36.4 Å². The van der Waals surface area contributed by atoms with E-state index in [1.807, 2.05) is 26.8 Å². The maximum absolute atomic E-state index is 12.9. The summed E-state index contributed by atoms with van der Waals surface area (Å²) in [6.07, 6.45) is 0. The highest BCUT2D eigenvalue weighted by Gasteiger charge is 2.30. The lowest BCUT2D eigenvalue weighted by Gasteiger charge is -2.35. The summed E-state index contributed by atoms with van der Waals surface area (Å²) in [5.74, 6) is -0.809. The Balaban J connectivity index is 2.34. The van der Waals surface area contributed by atoms with Gasteiger partial charge in [0.25, 0.3) is 11.8 Å². The first kappa shape index (κ1) is 18.3. The third kappa shape index (κ3) is 4.28. The molecule has 0 radical (unpaired) electrons. The zero-order valence-corrected chi connectivity index (χ0v) is 15.2. The van der Waals surface area contributed by atoms with Crippen molar-refractivity contribution in [3.63, 3.8) is 0 Å². The molecule has 0 bridgehead atoms. The van der Waals surface area contributed by atoms with Crippen molar-refractivity contribution in [2.24, 2.45) is 0 Å². The smallest absolute Gasteiger partial charge is 0.267 e. The molecule has 6 heteroatoms. The second-order valence-corrected chi connectivity index (χ2v) is 7.09. The molecule has 0 aliphatic rings. The Morgan fingerprint density at radius 3 is 2.21 bits per heavy atom. The van der Waals surface area contributed by atoms with Gasteiger partial charge in [-0.15, -0.1) is 0 Å². The fourth-order valence-electron chi connectivity index (χ4n) is 2.06. The SMILES string of the molecule is CC(C)(C)N(NC(=O)c1ccccc1)C(=O)c1cc(Cl)ccc1Cl. The molecule has 24 heavy (non-hydrogen) atoms. The lowest BCUT2D eigenvalue weighted by molar-refractivity contribution is 0.0359. The zero-order chi connectivity index (χ0) is 17.9. The summed E-state index contributed by atoms with van der Waals surface area (Å²) in [4.78, 5) is 25.3. The van der Waals surface area contributed by atoms with Gasteiger partial charge in [0.15, 0.2) is 0 Å². The van der Waals surface area contributed by atoms with Crippen LogP contribution in [0.4, 0.5) is 0 Å². The monoisotopic (exact) mass is 364 g/mol. The number of amides is 2.